The molecule has 2 atom stereocenters. The van der Waals surface area contributed by atoms with E-state index < -0.39 is 6.04 Å². The fourth-order valence-electron chi connectivity index (χ4n) is 1.44. The molecular formula is C13H17FN2O. The second-order valence-electron chi connectivity index (χ2n) is 3.91. The number of amides is 1. The molecule has 0 radical (unpaired) electrons. The number of carbonyl (C=O) groups excluding carboxylic acids is 1. The summed E-state index contributed by atoms with van der Waals surface area (Å²) in [6, 6.07) is 5.22. The molecule has 2 unspecified atom stereocenters. The second-order valence-corrected chi connectivity index (χ2v) is 3.91. The molecule has 0 aliphatic heterocycles. The molecule has 0 fully saturated rings. The molecule has 1 aromatic carbocycles. The lowest BCUT2D eigenvalue weighted by Gasteiger charge is -2.17. The summed E-state index contributed by atoms with van der Waals surface area (Å²) in [5, 5.41) is 2.77. The van der Waals surface area contributed by atoms with Gasteiger partial charge in [-0.15, -0.1) is 6.58 Å². The molecule has 0 saturated heterocycles. The van der Waals surface area contributed by atoms with Gasteiger partial charge in [-0.2, -0.15) is 0 Å². The van der Waals surface area contributed by atoms with E-state index >= 15 is 0 Å². The Balaban J connectivity index is 2.59. The molecule has 0 aliphatic carbocycles. The molecular weight excluding hydrogens is 219 g/mol. The van der Waals surface area contributed by atoms with E-state index in [1.54, 1.807) is 18.2 Å². The molecule has 17 heavy (non-hydrogen) atoms. The maximum atomic E-state index is 12.7. The van der Waals surface area contributed by atoms with Gasteiger partial charge in [-0.1, -0.05) is 18.2 Å². The SMILES string of the molecule is C=CCC(N)C(=O)NC(C)c1ccc(F)cc1. The molecule has 1 rings (SSSR count). The first-order chi connectivity index (χ1) is 8.04. The zero-order valence-electron chi connectivity index (χ0n) is 9.82. The fourth-order valence-corrected chi connectivity index (χ4v) is 1.44. The number of hydrogen-bond acceptors (Lipinski definition) is 2. The Hall–Kier alpha value is -1.68. The summed E-state index contributed by atoms with van der Waals surface area (Å²) in [4.78, 5) is 11.6. The number of nitrogens with two attached hydrogens (primary N) is 1. The highest BCUT2D eigenvalue weighted by atomic mass is 19.1. The van der Waals surface area contributed by atoms with Crippen LogP contribution in [0.25, 0.3) is 0 Å². The van der Waals surface area contributed by atoms with E-state index in [1.165, 1.54) is 12.1 Å². The Bertz CT molecular complexity index is 389. The number of nitrogens with one attached hydrogen (secondary N) is 1. The van der Waals surface area contributed by atoms with Crippen LogP contribution < -0.4 is 11.1 Å². The van der Waals surface area contributed by atoms with Gasteiger partial charge in [0.25, 0.3) is 0 Å². The normalized spacial score (nSPS) is 13.8. The molecule has 1 amide bonds. The standard InChI is InChI=1S/C13H17FN2O/c1-3-4-12(15)13(17)16-9(2)10-5-7-11(14)8-6-10/h3,5-9,12H,1,4,15H2,2H3,(H,16,17). The molecule has 1 aromatic rings. The van der Waals surface area contributed by atoms with Crippen LogP contribution >= 0.6 is 0 Å². The summed E-state index contributed by atoms with van der Waals surface area (Å²) in [6.45, 7) is 5.35. The van der Waals surface area contributed by atoms with Crippen molar-refractivity contribution >= 4 is 5.91 Å². The first-order valence-corrected chi connectivity index (χ1v) is 5.47. The van der Waals surface area contributed by atoms with Gasteiger partial charge in [0.2, 0.25) is 5.91 Å². The minimum atomic E-state index is -0.588. The van der Waals surface area contributed by atoms with Crippen LogP contribution in [0.4, 0.5) is 4.39 Å². The molecule has 0 spiro atoms. The van der Waals surface area contributed by atoms with Gasteiger partial charge in [-0.3, -0.25) is 4.79 Å². The summed E-state index contributed by atoms with van der Waals surface area (Å²) in [6.07, 6.45) is 2.04. The third-order valence-electron chi connectivity index (χ3n) is 2.49. The van der Waals surface area contributed by atoms with E-state index in [1.807, 2.05) is 6.92 Å². The van der Waals surface area contributed by atoms with Crippen molar-refractivity contribution in [1.82, 2.24) is 5.32 Å². The van der Waals surface area contributed by atoms with E-state index in [9.17, 15) is 9.18 Å². The molecule has 0 heterocycles. The maximum Gasteiger partial charge on any atom is 0.237 e. The maximum absolute atomic E-state index is 12.7. The molecule has 0 aliphatic rings. The van der Waals surface area contributed by atoms with E-state index in [4.69, 9.17) is 5.73 Å². The predicted octanol–water partition coefficient (Wildman–Crippen LogP) is 1.91. The number of halogens is 1. The van der Waals surface area contributed by atoms with E-state index in [-0.39, 0.29) is 17.8 Å². The summed E-state index contributed by atoms with van der Waals surface area (Å²) in [5.41, 5.74) is 6.47. The highest BCUT2D eigenvalue weighted by Gasteiger charge is 2.15. The molecule has 92 valence electrons. The first kappa shape index (κ1) is 13.4. The Morgan fingerprint density at radius 1 is 1.53 bits per heavy atom. The highest BCUT2D eigenvalue weighted by molar-refractivity contribution is 5.82. The molecule has 0 aromatic heterocycles. The quantitative estimate of drug-likeness (QED) is 0.767. The lowest BCUT2D eigenvalue weighted by atomic mass is 10.1. The van der Waals surface area contributed by atoms with Crippen LogP contribution in [-0.4, -0.2) is 11.9 Å². The molecule has 0 saturated carbocycles. The van der Waals surface area contributed by atoms with Crippen LogP contribution in [0.15, 0.2) is 36.9 Å². The van der Waals surface area contributed by atoms with Crippen molar-refractivity contribution in [3.05, 3.63) is 48.3 Å². The van der Waals surface area contributed by atoms with Gasteiger partial charge in [0.15, 0.2) is 0 Å². The number of carbonyl (C=O) groups is 1. The Morgan fingerprint density at radius 2 is 2.12 bits per heavy atom. The Kier molecular flexibility index (Phi) is 4.84. The first-order valence-electron chi connectivity index (χ1n) is 5.47. The van der Waals surface area contributed by atoms with Gasteiger partial charge < -0.3 is 11.1 Å². The van der Waals surface area contributed by atoms with Crippen molar-refractivity contribution in [1.29, 1.82) is 0 Å². The zero-order chi connectivity index (χ0) is 12.8. The van der Waals surface area contributed by atoms with Crippen molar-refractivity contribution in [2.24, 2.45) is 5.73 Å². The largest absolute Gasteiger partial charge is 0.348 e. The van der Waals surface area contributed by atoms with Crippen LogP contribution in [0, 0.1) is 5.82 Å². The second kappa shape index (κ2) is 6.15. The smallest absolute Gasteiger partial charge is 0.237 e. The Labute approximate surface area is 101 Å². The van der Waals surface area contributed by atoms with Crippen molar-refractivity contribution in [2.75, 3.05) is 0 Å². The molecule has 3 N–H and O–H groups in total. The summed E-state index contributed by atoms with van der Waals surface area (Å²) >= 11 is 0. The van der Waals surface area contributed by atoms with Gasteiger partial charge in [0.1, 0.15) is 5.82 Å². The van der Waals surface area contributed by atoms with Crippen molar-refractivity contribution in [3.8, 4) is 0 Å². The van der Waals surface area contributed by atoms with Gasteiger partial charge in [0, 0.05) is 0 Å². The number of benzene rings is 1. The average Bonchev–Trinajstić information content (AvgIpc) is 2.30. The third kappa shape index (κ3) is 4.00. The van der Waals surface area contributed by atoms with Crippen molar-refractivity contribution in [3.63, 3.8) is 0 Å². The van der Waals surface area contributed by atoms with Crippen LogP contribution in [0.3, 0.4) is 0 Å². The van der Waals surface area contributed by atoms with Crippen LogP contribution in [0.1, 0.15) is 24.9 Å². The molecule has 4 heteroatoms. The van der Waals surface area contributed by atoms with Gasteiger partial charge in [-0.25, -0.2) is 4.39 Å². The molecule has 3 nitrogen and oxygen atoms in total. The van der Waals surface area contributed by atoms with Gasteiger partial charge in [0.05, 0.1) is 12.1 Å². The van der Waals surface area contributed by atoms with Crippen LogP contribution in [-0.2, 0) is 4.79 Å². The summed E-state index contributed by atoms with van der Waals surface area (Å²) in [7, 11) is 0. The highest BCUT2D eigenvalue weighted by Crippen LogP contribution is 2.12. The number of hydrogen-bond donors (Lipinski definition) is 2. The minimum Gasteiger partial charge on any atom is -0.348 e. The summed E-state index contributed by atoms with van der Waals surface area (Å²) < 4.78 is 12.7. The third-order valence-corrected chi connectivity index (χ3v) is 2.49. The van der Waals surface area contributed by atoms with Crippen molar-refractivity contribution < 1.29 is 9.18 Å². The lowest BCUT2D eigenvalue weighted by molar-refractivity contribution is -0.122. The predicted molar refractivity (Wildman–Crippen MR) is 65.7 cm³/mol. The van der Waals surface area contributed by atoms with E-state index in [2.05, 4.69) is 11.9 Å². The average molecular weight is 236 g/mol. The Morgan fingerprint density at radius 3 is 2.65 bits per heavy atom. The van der Waals surface area contributed by atoms with Crippen LogP contribution in [0.5, 0.6) is 0 Å². The van der Waals surface area contributed by atoms with Crippen LogP contribution in [0.2, 0.25) is 0 Å². The number of rotatable bonds is 5. The monoisotopic (exact) mass is 236 g/mol. The van der Waals surface area contributed by atoms with Gasteiger partial charge in [-0.05, 0) is 31.0 Å². The lowest BCUT2D eigenvalue weighted by Crippen LogP contribution is -2.41. The van der Waals surface area contributed by atoms with Crippen molar-refractivity contribution in [2.45, 2.75) is 25.4 Å². The topological polar surface area (TPSA) is 55.1 Å². The minimum absolute atomic E-state index is 0.195. The zero-order valence-corrected chi connectivity index (χ0v) is 9.82. The summed E-state index contributed by atoms with van der Waals surface area (Å²) in [5.74, 6) is -0.530. The molecule has 0 bridgehead atoms. The fraction of sp³-hybridized carbons (Fsp3) is 0.308. The van der Waals surface area contributed by atoms with Gasteiger partial charge >= 0.3 is 0 Å². The van der Waals surface area contributed by atoms with E-state index in [0.717, 1.165) is 5.56 Å². The van der Waals surface area contributed by atoms with E-state index in [0.29, 0.717) is 6.42 Å².